The predicted octanol–water partition coefficient (Wildman–Crippen LogP) is 1.39. The predicted molar refractivity (Wildman–Crippen MR) is 66.5 cm³/mol. The minimum atomic E-state index is 0.0763. The molecule has 17 heavy (non-hydrogen) atoms. The minimum absolute atomic E-state index is 0.0763. The quantitative estimate of drug-likeness (QED) is 0.577. The smallest absolute Gasteiger partial charge is 0.184 e. The summed E-state index contributed by atoms with van der Waals surface area (Å²) in [6, 6.07) is 0.455. The topological polar surface area (TPSA) is 56.2 Å². The van der Waals surface area contributed by atoms with Crippen molar-refractivity contribution in [1.29, 1.82) is 0 Å². The summed E-state index contributed by atoms with van der Waals surface area (Å²) in [5, 5.41) is 7.30. The number of ketones is 1. The van der Waals surface area contributed by atoms with E-state index in [0.29, 0.717) is 23.9 Å². The SMILES string of the molecule is COc1cnn(C)c1C(=O)CCCNC(C)C. The van der Waals surface area contributed by atoms with Gasteiger partial charge in [-0.05, 0) is 13.0 Å². The Morgan fingerprint density at radius 3 is 2.88 bits per heavy atom. The van der Waals surface area contributed by atoms with Gasteiger partial charge in [-0.3, -0.25) is 9.48 Å². The molecule has 0 aliphatic heterocycles. The van der Waals surface area contributed by atoms with Crippen molar-refractivity contribution in [3.63, 3.8) is 0 Å². The molecule has 0 unspecified atom stereocenters. The number of Topliss-reactive ketones (excluding diaryl/α,β-unsaturated/α-hetero) is 1. The Balaban J connectivity index is 2.49. The van der Waals surface area contributed by atoms with Gasteiger partial charge in [0.2, 0.25) is 0 Å². The van der Waals surface area contributed by atoms with Crippen molar-refractivity contribution in [3.8, 4) is 5.75 Å². The average molecular weight is 239 g/mol. The number of hydrogen-bond donors (Lipinski definition) is 1. The van der Waals surface area contributed by atoms with Crippen LogP contribution in [-0.4, -0.2) is 35.3 Å². The third-order valence-corrected chi connectivity index (χ3v) is 2.52. The average Bonchev–Trinajstić information content (AvgIpc) is 2.65. The van der Waals surface area contributed by atoms with Gasteiger partial charge in [-0.1, -0.05) is 13.8 Å². The summed E-state index contributed by atoms with van der Waals surface area (Å²) in [5.74, 6) is 0.627. The van der Waals surface area contributed by atoms with E-state index in [4.69, 9.17) is 4.74 Å². The number of aromatic nitrogens is 2. The second-order valence-corrected chi connectivity index (χ2v) is 4.32. The van der Waals surface area contributed by atoms with Crippen LogP contribution in [0.25, 0.3) is 0 Å². The maximum Gasteiger partial charge on any atom is 0.184 e. The van der Waals surface area contributed by atoms with Crippen molar-refractivity contribution < 1.29 is 9.53 Å². The highest BCUT2D eigenvalue weighted by Gasteiger charge is 2.16. The normalized spacial score (nSPS) is 10.9. The molecule has 96 valence electrons. The summed E-state index contributed by atoms with van der Waals surface area (Å²) in [6.07, 6.45) is 2.90. The fraction of sp³-hybridized carbons (Fsp3) is 0.667. The maximum atomic E-state index is 12.0. The molecule has 0 radical (unpaired) electrons. The van der Waals surface area contributed by atoms with Crippen LogP contribution in [0.1, 0.15) is 37.2 Å². The number of ether oxygens (including phenoxy) is 1. The first-order valence-corrected chi connectivity index (χ1v) is 5.88. The molecule has 1 aromatic heterocycles. The van der Waals surface area contributed by atoms with Crippen LogP contribution in [-0.2, 0) is 7.05 Å². The van der Waals surface area contributed by atoms with Gasteiger partial charge in [0.05, 0.1) is 13.3 Å². The van der Waals surface area contributed by atoms with Crippen LogP contribution in [0.3, 0.4) is 0 Å². The second-order valence-electron chi connectivity index (χ2n) is 4.32. The van der Waals surface area contributed by atoms with Gasteiger partial charge in [0.25, 0.3) is 0 Å². The van der Waals surface area contributed by atoms with E-state index in [1.165, 1.54) is 0 Å². The van der Waals surface area contributed by atoms with Crippen molar-refractivity contribution in [1.82, 2.24) is 15.1 Å². The first-order valence-electron chi connectivity index (χ1n) is 5.88. The number of nitrogens with one attached hydrogen (secondary N) is 1. The number of carbonyl (C=O) groups is 1. The molecule has 0 aliphatic rings. The van der Waals surface area contributed by atoms with Crippen LogP contribution in [0.4, 0.5) is 0 Å². The van der Waals surface area contributed by atoms with Gasteiger partial charge in [0, 0.05) is 19.5 Å². The standard InChI is InChI=1S/C12H21N3O2/c1-9(2)13-7-5-6-10(16)12-11(17-4)8-14-15(12)3/h8-9,13H,5-7H2,1-4H3. The van der Waals surface area contributed by atoms with E-state index >= 15 is 0 Å². The summed E-state index contributed by atoms with van der Waals surface area (Å²) in [4.78, 5) is 12.0. The summed E-state index contributed by atoms with van der Waals surface area (Å²) in [7, 11) is 3.30. The van der Waals surface area contributed by atoms with Crippen molar-refractivity contribution >= 4 is 5.78 Å². The molecular formula is C12H21N3O2. The van der Waals surface area contributed by atoms with E-state index in [9.17, 15) is 4.79 Å². The first kappa shape index (κ1) is 13.7. The Bertz CT molecular complexity index is 372. The molecule has 0 saturated heterocycles. The van der Waals surface area contributed by atoms with Gasteiger partial charge in [0.15, 0.2) is 11.5 Å². The molecule has 0 aliphatic carbocycles. The minimum Gasteiger partial charge on any atom is -0.493 e. The molecule has 1 N–H and O–H groups in total. The van der Waals surface area contributed by atoms with Gasteiger partial charge in [-0.2, -0.15) is 5.10 Å². The molecule has 0 aromatic carbocycles. The molecule has 0 fully saturated rings. The first-order chi connectivity index (χ1) is 8.06. The molecule has 0 atom stereocenters. The molecule has 0 saturated carbocycles. The highest BCUT2D eigenvalue weighted by Crippen LogP contribution is 2.18. The van der Waals surface area contributed by atoms with E-state index in [0.717, 1.165) is 13.0 Å². The molecule has 0 spiro atoms. The summed E-state index contributed by atoms with van der Waals surface area (Å²) in [5.41, 5.74) is 0.553. The maximum absolute atomic E-state index is 12.0. The molecular weight excluding hydrogens is 218 g/mol. The van der Waals surface area contributed by atoms with Crippen molar-refractivity contribution in [2.75, 3.05) is 13.7 Å². The fourth-order valence-corrected chi connectivity index (χ4v) is 1.64. The van der Waals surface area contributed by atoms with Crippen LogP contribution in [0, 0.1) is 0 Å². The monoisotopic (exact) mass is 239 g/mol. The van der Waals surface area contributed by atoms with E-state index in [1.54, 1.807) is 25.0 Å². The van der Waals surface area contributed by atoms with E-state index in [1.807, 2.05) is 0 Å². The number of carbonyl (C=O) groups excluding carboxylic acids is 1. The van der Waals surface area contributed by atoms with Gasteiger partial charge in [-0.25, -0.2) is 0 Å². The van der Waals surface area contributed by atoms with Crippen LogP contribution in [0.5, 0.6) is 5.75 Å². The Morgan fingerprint density at radius 1 is 1.59 bits per heavy atom. The Hall–Kier alpha value is -1.36. The fourth-order valence-electron chi connectivity index (χ4n) is 1.64. The third kappa shape index (κ3) is 3.85. The number of aryl methyl sites for hydroxylation is 1. The van der Waals surface area contributed by atoms with Crippen LogP contribution < -0.4 is 10.1 Å². The highest BCUT2D eigenvalue weighted by molar-refractivity contribution is 5.96. The van der Waals surface area contributed by atoms with E-state index < -0.39 is 0 Å². The van der Waals surface area contributed by atoms with Crippen LogP contribution in [0.15, 0.2) is 6.20 Å². The van der Waals surface area contributed by atoms with Crippen molar-refractivity contribution in [3.05, 3.63) is 11.9 Å². The van der Waals surface area contributed by atoms with Crippen molar-refractivity contribution in [2.45, 2.75) is 32.7 Å². The molecule has 1 heterocycles. The zero-order chi connectivity index (χ0) is 12.8. The highest BCUT2D eigenvalue weighted by atomic mass is 16.5. The lowest BCUT2D eigenvalue weighted by molar-refractivity contribution is 0.0967. The second kappa shape index (κ2) is 6.39. The zero-order valence-corrected chi connectivity index (χ0v) is 11.0. The van der Waals surface area contributed by atoms with Gasteiger partial charge in [-0.15, -0.1) is 0 Å². The van der Waals surface area contributed by atoms with Gasteiger partial charge >= 0.3 is 0 Å². The molecule has 0 bridgehead atoms. The largest absolute Gasteiger partial charge is 0.493 e. The lowest BCUT2D eigenvalue weighted by Gasteiger charge is -2.08. The summed E-state index contributed by atoms with van der Waals surface area (Å²) >= 11 is 0. The van der Waals surface area contributed by atoms with Crippen LogP contribution >= 0.6 is 0 Å². The number of methoxy groups -OCH3 is 1. The Labute approximate surface area is 102 Å². The number of hydrogen-bond acceptors (Lipinski definition) is 4. The lowest BCUT2D eigenvalue weighted by Crippen LogP contribution is -2.24. The van der Waals surface area contributed by atoms with E-state index in [-0.39, 0.29) is 5.78 Å². The number of rotatable bonds is 7. The van der Waals surface area contributed by atoms with Crippen LogP contribution in [0.2, 0.25) is 0 Å². The summed E-state index contributed by atoms with van der Waals surface area (Å²) < 4.78 is 6.68. The zero-order valence-electron chi connectivity index (χ0n) is 11.0. The Morgan fingerprint density at radius 2 is 2.29 bits per heavy atom. The third-order valence-electron chi connectivity index (χ3n) is 2.52. The molecule has 1 rings (SSSR count). The van der Waals surface area contributed by atoms with E-state index in [2.05, 4.69) is 24.3 Å². The molecule has 0 amide bonds. The summed E-state index contributed by atoms with van der Waals surface area (Å²) in [6.45, 7) is 5.03. The number of nitrogens with zero attached hydrogens (tertiary/aromatic N) is 2. The molecule has 1 aromatic rings. The lowest BCUT2D eigenvalue weighted by atomic mass is 10.1. The Kier molecular flexibility index (Phi) is 5.15. The molecule has 5 nitrogen and oxygen atoms in total. The molecule has 5 heteroatoms. The van der Waals surface area contributed by atoms with Gasteiger partial charge < -0.3 is 10.1 Å². The van der Waals surface area contributed by atoms with Gasteiger partial charge in [0.1, 0.15) is 5.69 Å². The van der Waals surface area contributed by atoms with Crippen molar-refractivity contribution in [2.24, 2.45) is 7.05 Å².